The van der Waals surface area contributed by atoms with Crippen molar-refractivity contribution in [3.63, 3.8) is 0 Å². The van der Waals surface area contributed by atoms with Crippen molar-refractivity contribution in [1.82, 2.24) is 0 Å². The van der Waals surface area contributed by atoms with Gasteiger partial charge in [0.25, 0.3) is 0 Å². The first-order valence-corrected chi connectivity index (χ1v) is 8.48. The number of fused-ring (bicyclic) bond motifs is 5. The number of phenolic OH excluding ortho intramolecular Hbond substituents is 1. The van der Waals surface area contributed by atoms with Gasteiger partial charge in [-0.1, -0.05) is 19.9 Å². The number of aliphatic hydroxyl groups excluding tert-OH is 1. The minimum atomic E-state index is -0.0906. The van der Waals surface area contributed by atoms with Crippen LogP contribution < -0.4 is 0 Å². The summed E-state index contributed by atoms with van der Waals surface area (Å²) < 4.78 is 0. The molecule has 2 nitrogen and oxygen atoms in total. The van der Waals surface area contributed by atoms with Crippen LogP contribution in [0, 0.1) is 23.2 Å². The van der Waals surface area contributed by atoms with E-state index in [4.69, 9.17) is 0 Å². The molecule has 0 saturated heterocycles. The van der Waals surface area contributed by atoms with Gasteiger partial charge >= 0.3 is 0 Å². The van der Waals surface area contributed by atoms with Crippen LogP contribution in [0.3, 0.4) is 0 Å². The van der Waals surface area contributed by atoms with E-state index in [2.05, 4.69) is 19.9 Å². The van der Waals surface area contributed by atoms with Crippen molar-refractivity contribution in [2.45, 2.75) is 58.0 Å². The van der Waals surface area contributed by atoms with Crippen molar-refractivity contribution < 1.29 is 10.2 Å². The molecule has 0 unspecified atom stereocenters. The van der Waals surface area contributed by atoms with Crippen molar-refractivity contribution in [2.75, 3.05) is 0 Å². The first-order chi connectivity index (χ1) is 9.98. The SMILES string of the molecule is C[C@H]1C[C@]2(C)C[C@H](O)C[C@H]2[C@@H]2CCc3cc(O)ccc3[C@H]21. The molecule has 0 aliphatic heterocycles. The fraction of sp³-hybridized carbons (Fsp3) is 0.684. The monoisotopic (exact) mass is 286 g/mol. The summed E-state index contributed by atoms with van der Waals surface area (Å²) in [5.41, 5.74) is 3.17. The molecule has 1 aromatic carbocycles. The molecular formula is C19H26O2. The van der Waals surface area contributed by atoms with Gasteiger partial charge in [0, 0.05) is 0 Å². The van der Waals surface area contributed by atoms with E-state index in [1.54, 1.807) is 0 Å². The standard InChI is InChI=1S/C19H26O2/c1-11-9-19(2)10-14(21)8-17(19)16-5-3-12-7-13(20)4-6-15(12)18(11)16/h4,6-7,11,14,16-18,20-21H,3,5,8-10H2,1-2H3/t11-,14+,16-,17-,18+,19+/m0/s1. The molecule has 114 valence electrons. The number of hydrogen-bond acceptors (Lipinski definition) is 2. The van der Waals surface area contributed by atoms with Crippen LogP contribution in [0.25, 0.3) is 0 Å². The Morgan fingerprint density at radius 3 is 2.86 bits per heavy atom. The maximum atomic E-state index is 10.2. The van der Waals surface area contributed by atoms with E-state index in [-0.39, 0.29) is 6.10 Å². The average molecular weight is 286 g/mol. The number of phenols is 1. The van der Waals surface area contributed by atoms with Crippen LogP contribution in [0.5, 0.6) is 5.75 Å². The highest BCUT2D eigenvalue weighted by atomic mass is 16.3. The third-order valence-electron chi connectivity index (χ3n) is 6.74. The Morgan fingerprint density at radius 1 is 1.24 bits per heavy atom. The van der Waals surface area contributed by atoms with E-state index in [1.807, 2.05) is 12.1 Å². The van der Waals surface area contributed by atoms with Gasteiger partial charge in [0.2, 0.25) is 0 Å². The van der Waals surface area contributed by atoms with Crippen LogP contribution in [0.2, 0.25) is 0 Å². The minimum Gasteiger partial charge on any atom is -0.508 e. The molecule has 0 amide bonds. The van der Waals surface area contributed by atoms with Crippen molar-refractivity contribution in [3.05, 3.63) is 29.3 Å². The van der Waals surface area contributed by atoms with Gasteiger partial charge in [-0.15, -0.1) is 0 Å². The zero-order valence-corrected chi connectivity index (χ0v) is 13.0. The highest BCUT2D eigenvalue weighted by molar-refractivity contribution is 5.40. The predicted octanol–water partition coefficient (Wildman–Crippen LogP) is 3.86. The Morgan fingerprint density at radius 2 is 2.05 bits per heavy atom. The quantitative estimate of drug-likeness (QED) is 0.760. The molecule has 4 rings (SSSR count). The molecule has 2 fully saturated rings. The molecule has 2 saturated carbocycles. The van der Waals surface area contributed by atoms with Crippen LogP contribution in [0.4, 0.5) is 0 Å². The number of hydrogen-bond donors (Lipinski definition) is 2. The maximum Gasteiger partial charge on any atom is 0.115 e. The number of aryl methyl sites for hydroxylation is 1. The Hall–Kier alpha value is -1.02. The Bertz CT molecular complexity index is 567. The number of aromatic hydroxyl groups is 1. The van der Waals surface area contributed by atoms with E-state index in [1.165, 1.54) is 24.0 Å². The lowest BCUT2D eigenvalue weighted by Gasteiger charge is -2.52. The fourth-order valence-corrected chi connectivity index (χ4v) is 6.19. The molecule has 21 heavy (non-hydrogen) atoms. The second kappa shape index (κ2) is 4.49. The largest absolute Gasteiger partial charge is 0.508 e. The van der Waals surface area contributed by atoms with Gasteiger partial charge in [-0.2, -0.15) is 0 Å². The average Bonchev–Trinajstić information content (AvgIpc) is 2.72. The van der Waals surface area contributed by atoms with Crippen molar-refractivity contribution in [3.8, 4) is 5.75 Å². The van der Waals surface area contributed by atoms with Gasteiger partial charge in [0.1, 0.15) is 5.75 Å². The summed E-state index contributed by atoms with van der Waals surface area (Å²) in [7, 11) is 0. The van der Waals surface area contributed by atoms with E-state index in [0.717, 1.165) is 19.3 Å². The van der Waals surface area contributed by atoms with E-state index >= 15 is 0 Å². The summed E-state index contributed by atoms with van der Waals surface area (Å²) in [5.74, 6) is 3.09. The Balaban J connectivity index is 1.75. The highest BCUT2D eigenvalue weighted by Crippen LogP contribution is 2.62. The molecule has 0 heterocycles. The van der Waals surface area contributed by atoms with E-state index in [0.29, 0.717) is 34.8 Å². The molecular weight excluding hydrogens is 260 g/mol. The van der Waals surface area contributed by atoms with Crippen molar-refractivity contribution >= 4 is 0 Å². The van der Waals surface area contributed by atoms with Gasteiger partial charge in [0.15, 0.2) is 0 Å². The van der Waals surface area contributed by atoms with Crippen LogP contribution in [-0.2, 0) is 6.42 Å². The molecule has 3 aliphatic rings. The van der Waals surface area contributed by atoms with Crippen LogP contribution in [-0.4, -0.2) is 16.3 Å². The van der Waals surface area contributed by atoms with E-state index < -0.39 is 0 Å². The van der Waals surface area contributed by atoms with E-state index in [9.17, 15) is 10.2 Å². The fourth-order valence-electron chi connectivity index (χ4n) is 6.19. The molecule has 1 aromatic rings. The first-order valence-electron chi connectivity index (χ1n) is 8.48. The molecule has 3 aliphatic carbocycles. The molecule has 2 heteroatoms. The first kappa shape index (κ1) is 13.6. The second-order valence-electron chi connectivity index (χ2n) is 8.15. The van der Waals surface area contributed by atoms with Gasteiger partial charge in [0.05, 0.1) is 6.10 Å². The minimum absolute atomic E-state index is 0.0906. The van der Waals surface area contributed by atoms with Crippen LogP contribution in [0.15, 0.2) is 18.2 Å². The third-order valence-corrected chi connectivity index (χ3v) is 6.74. The molecule has 2 N–H and O–H groups in total. The summed E-state index contributed by atoms with van der Waals surface area (Å²) in [6.07, 6.45) is 5.44. The second-order valence-corrected chi connectivity index (χ2v) is 8.15. The van der Waals surface area contributed by atoms with Gasteiger partial charge in [-0.05, 0) is 84.5 Å². The number of rotatable bonds is 0. The molecule has 0 radical (unpaired) electrons. The summed E-state index contributed by atoms with van der Waals surface area (Å²) in [6, 6.07) is 5.98. The van der Waals surface area contributed by atoms with Gasteiger partial charge in [-0.25, -0.2) is 0 Å². The molecule has 0 aromatic heterocycles. The summed E-state index contributed by atoms with van der Waals surface area (Å²) in [4.78, 5) is 0. The predicted molar refractivity (Wildman–Crippen MR) is 83.3 cm³/mol. The third kappa shape index (κ3) is 1.95. The molecule has 0 spiro atoms. The number of aliphatic hydroxyl groups is 1. The van der Waals surface area contributed by atoms with Gasteiger partial charge < -0.3 is 10.2 Å². The lowest BCUT2D eigenvalue weighted by atomic mass is 9.52. The highest BCUT2D eigenvalue weighted by Gasteiger charge is 2.54. The summed E-state index contributed by atoms with van der Waals surface area (Å²) >= 11 is 0. The summed E-state index contributed by atoms with van der Waals surface area (Å²) in [5, 5.41) is 19.9. The molecule has 6 atom stereocenters. The molecule has 0 bridgehead atoms. The van der Waals surface area contributed by atoms with Crippen LogP contribution in [0.1, 0.15) is 56.6 Å². The van der Waals surface area contributed by atoms with Gasteiger partial charge in [-0.3, -0.25) is 0 Å². The smallest absolute Gasteiger partial charge is 0.115 e. The number of benzene rings is 1. The Labute approximate surface area is 127 Å². The maximum absolute atomic E-state index is 10.2. The lowest BCUT2D eigenvalue weighted by molar-refractivity contribution is 0.0236. The summed E-state index contributed by atoms with van der Waals surface area (Å²) in [6.45, 7) is 4.80. The van der Waals surface area contributed by atoms with Crippen molar-refractivity contribution in [1.29, 1.82) is 0 Å². The normalized spacial score (nSPS) is 44.8. The zero-order chi connectivity index (χ0) is 14.8. The van der Waals surface area contributed by atoms with Crippen molar-refractivity contribution in [2.24, 2.45) is 23.2 Å². The van der Waals surface area contributed by atoms with Crippen LogP contribution >= 0.6 is 0 Å². The zero-order valence-electron chi connectivity index (χ0n) is 13.0. The Kier molecular flexibility index (Phi) is 2.91. The topological polar surface area (TPSA) is 40.5 Å². The lowest BCUT2D eigenvalue weighted by Crippen LogP contribution is -2.43.